The van der Waals surface area contributed by atoms with Gasteiger partial charge in [-0.05, 0) is 11.8 Å². The molecule has 3 saturated heterocycles. The normalized spacial score (nSPS) is 48.7. The van der Waals surface area contributed by atoms with Crippen molar-refractivity contribution in [2.75, 3.05) is 19.8 Å². The van der Waals surface area contributed by atoms with E-state index in [0.717, 1.165) is 0 Å². The monoisotopic (exact) mass is 430 g/mol. The number of aliphatic hydroxyl groups excluding tert-OH is 2. The van der Waals surface area contributed by atoms with Crippen LogP contribution in [0.25, 0.3) is 0 Å². The highest BCUT2D eigenvalue weighted by atomic mass is 79.9. The fraction of sp³-hybridized carbons (Fsp3) is 1.00. The van der Waals surface area contributed by atoms with Gasteiger partial charge in [0.05, 0.1) is 25.9 Å². The molecular weight excluding hydrogens is 414 g/mol. The van der Waals surface area contributed by atoms with E-state index in [1.54, 1.807) is 0 Å². The van der Waals surface area contributed by atoms with E-state index in [4.69, 9.17) is 42.9 Å². The van der Waals surface area contributed by atoms with Crippen LogP contribution < -0.4 is 0 Å². The number of hydrogen-bond acceptors (Lipinski definition) is 8. The summed E-state index contributed by atoms with van der Waals surface area (Å²) < 4.78 is 27.0. The number of ether oxygens (including phenoxy) is 3. The molecule has 0 aromatic carbocycles. The van der Waals surface area contributed by atoms with Crippen LogP contribution in [0, 0.1) is 0 Å². The van der Waals surface area contributed by atoms with Gasteiger partial charge in [0.15, 0.2) is 0 Å². The summed E-state index contributed by atoms with van der Waals surface area (Å²) in [7, 11) is 5.76. The van der Waals surface area contributed by atoms with E-state index >= 15 is 0 Å². The Labute approximate surface area is 148 Å². The first kappa shape index (κ1) is 18.7. The summed E-state index contributed by atoms with van der Waals surface area (Å²) in [6, 6.07) is -0.773. The van der Waals surface area contributed by atoms with Crippen molar-refractivity contribution in [2.45, 2.75) is 47.5 Å². The Kier molecular flexibility index (Phi) is 5.59. The van der Waals surface area contributed by atoms with E-state index in [2.05, 4.69) is 15.9 Å². The molecule has 0 saturated carbocycles. The van der Waals surface area contributed by atoms with Crippen LogP contribution in [0.4, 0.5) is 0 Å². The van der Waals surface area contributed by atoms with Crippen LogP contribution in [0.3, 0.4) is 0 Å². The second-order valence-corrected chi connectivity index (χ2v) is 9.57. The Morgan fingerprint density at radius 2 is 2.22 bits per heavy atom. The molecule has 3 rings (SSSR count). The predicted octanol–water partition coefficient (Wildman–Crippen LogP) is -0.870. The van der Waals surface area contributed by atoms with E-state index < -0.39 is 42.7 Å². The first-order chi connectivity index (χ1) is 10.8. The van der Waals surface area contributed by atoms with Gasteiger partial charge in [-0.15, -0.1) is 0 Å². The van der Waals surface area contributed by atoms with Crippen molar-refractivity contribution in [3.05, 3.63) is 0 Å². The van der Waals surface area contributed by atoms with Gasteiger partial charge in [-0.1, -0.05) is 15.9 Å². The molecule has 4 unspecified atom stereocenters. The molecule has 0 amide bonds. The summed E-state index contributed by atoms with van der Waals surface area (Å²) in [6.45, 7) is -4.06. The molecule has 12 heteroatoms. The molecule has 0 aromatic heterocycles. The van der Waals surface area contributed by atoms with Gasteiger partial charge in [0.2, 0.25) is 0 Å². The average Bonchev–Trinajstić information content (AvgIpc) is 3.06. The van der Waals surface area contributed by atoms with Crippen molar-refractivity contribution in [3.8, 4) is 0 Å². The minimum absolute atomic E-state index is 0.0948. The largest absolute Gasteiger partial charge is 0.393 e. The quantitative estimate of drug-likeness (QED) is 0.281. The molecule has 3 heterocycles. The highest BCUT2D eigenvalue weighted by Crippen LogP contribution is 2.52. The molecule has 3 fully saturated rings. The smallest absolute Gasteiger partial charge is 0.325 e. The van der Waals surface area contributed by atoms with Crippen LogP contribution in [0.1, 0.15) is 6.42 Å². The lowest BCUT2D eigenvalue weighted by molar-refractivity contribution is -0.136. The molecular formula is C11H17BBrO8PS. The summed E-state index contributed by atoms with van der Waals surface area (Å²) in [5.74, 6) is 0. The Morgan fingerprint density at radius 1 is 1.48 bits per heavy atom. The molecule has 3 N–H and O–H groups in total. The van der Waals surface area contributed by atoms with E-state index in [1.807, 2.05) is 0 Å². The number of halogens is 1. The topological polar surface area (TPSA) is 107 Å². The maximum atomic E-state index is 10.2. The molecule has 0 spiro atoms. The lowest BCUT2D eigenvalue weighted by atomic mass is 9.92. The van der Waals surface area contributed by atoms with Gasteiger partial charge in [0.1, 0.15) is 36.8 Å². The lowest BCUT2D eigenvalue weighted by Crippen LogP contribution is -2.45. The maximum Gasteiger partial charge on any atom is 0.325 e. The van der Waals surface area contributed by atoms with Gasteiger partial charge in [-0.2, -0.15) is 0 Å². The van der Waals surface area contributed by atoms with Crippen LogP contribution >= 0.6 is 22.6 Å². The minimum atomic E-state index is -3.66. The number of fused-ring (bicyclic) bond motifs is 2. The fourth-order valence-electron chi connectivity index (χ4n) is 2.91. The van der Waals surface area contributed by atoms with Crippen LogP contribution in [0.15, 0.2) is 0 Å². The zero-order valence-electron chi connectivity index (χ0n) is 12.0. The second-order valence-electron chi connectivity index (χ2n) is 5.76. The molecule has 8 nitrogen and oxygen atoms in total. The van der Waals surface area contributed by atoms with E-state index in [1.165, 1.54) is 0 Å². The van der Waals surface area contributed by atoms with E-state index in [0.29, 0.717) is 6.42 Å². The molecule has 2 radical (unpaired) electrons. The first-order valence-corrected chi connectivity index (χ1v) is 10.6. The maximum absolute atomic E-state index is 10.2. The van der Waals surface area contributed by atoms with Crippen molar-refractivity contribution in [3.63, 3.8) is 0 Å². The second kappa shape index (κ2) is 6.88. The molecule has 2 bridgehead atoms. The summed E-state index contributed by atoms with van der Waals surface area (Å²) in [5.41, 5.74) is -1.15. The molecule has 23 heavy (non-hydrogen) atoms. The Balaban J connectivity index is 1.59. The molecule has 0 aromatic rings. The number of aliphatic hydroxyl groups is 2. The van der Waals surface area contributed by atoms with Crippen LogP contribution in [0.5, 0.6) is 0 Å². The van der Waals surface area contributed by atoms with Crippen molar-refractivity contribution < 1.29 is 38.4 Å². The summed E-state index contributed by atoms with van der Waals surface area (Å²) >= 11 is 8.23. The van der Waals surface area contributed by atoms with Crippen LogP contribution in [-0.2, 0) is 35.1 Å². The molecule has 130 valence electrons. The fourth-order valence-corrected chi connectivity index (χ4v) is 5.03. The first-order valence-electron chi connectivity index (χ1n) is 7.05. The number of alkyl halides is 1. The standard InChI is InChI=1S/C11H17BBrO8PS/c12-10-8-9(11(3-14,20-10)4-17-8)21-22(16,23)18-2-6-5(15)1-7(13)19-6/h5-10,14-15H,1-4H2,(H,16,23)/t5?,6-,7-,8?,9?,10-,11+,22?/m1/s1. The Bertz CT molecular complexity index is 503. The minimum Gasteiger partial charge on any atom is -0.393 e. The lowest BCUT2D eigenvalue weighted by Gasteiger charge is -2.30. The van der Waals surface area contributed by atoms with Crippen molar-refractivity contribution in [2.24, 2.45) is 0 Å². The Morgan fingerprint density at radius 3 is 2.78 bits per heavy atom. The van der Waals surface area contributed by atoms with Crippen LogP contribution in [-0.4, -0.2) is 83.8 Å². The highest BCUT2D eigenvalue weighted by molar-refractivity contribution is 9.09. The SMILES string of the molecule is [B][C@@H]1O[C@@]2(CO)COC1C2OP(O)(=S)OC[C@H]1O[C@@H](Br)CC1O. The van der Waals surface area contributed by atoms with Gasteiger partial charge < -0.3 is 33.8 Å². The average molecular weight is 431 g/mol. The predicted molar refractivity (Wildman–Crippen MR) is 85.7 cm³/mol. The molecule has 0 aliphatic carbocycles. The summed E-state index contributed by atoms with van der Waals surface area (Å²) in [6.07, 6.45) is -2.38. The van der Waals surface area contributed by atoms with Gasteiger partial charge in [-0.3, -0.25) is 4.52 Å². The van der Waals surface area contributed by atoms with Crippen molar-refractivity contribution >= 4 is 42.3 Å². The summed E-state index contributed by atoms with van der Waals surface area (Å²) in [4.78, 5) is 10.2. The van der Waals surface area contributed by atoms with E-state index in [-0.39, 0.29) is 24.8 Å². The van der Waals surface area contributed by atoms with Gasteiger partial charge in [0, 0.05) is 12.4 Å². The molecule has 8 atom stereocenters. The molecule has 3 aliphatic rings. The van der Waals surface area contributed by atoms with Gasteiger partial charge in [0.25, 0.3) is 0 Å². The number of rotatable bonds is 6. The van der Waals surface area contributed by atoms with Gasteiger partial charge >= 0.3 is 6.72 Å². The van der Waals surface area contributed by atoms with Crippen molar-refractivity contribution in [1.82, 2.24) is 0 Å². The van der Waals surface area contributed by atoms with E-state index in [9.17, 15) is 15.1 Å². The molecule has 3 aliphatic heterocycles. The number of hydrogen-bond donors (Lipinski definition) is 3. The zero-order valence-corrected chi connectivity index (χ0v) is 15.3. The van der Waals surface area contributed by atoms with Gasteiger partial charge in [-0.25, -0.2) is 0 Å². The van der Waals surface area contributed by atoms with Crippen LogP contribution in [0.2, 0.25) is 0 Å². The zero-order chi connectivity index (χ0) is 16.8. The van der Waals surface area contributed by atoms with Crippen molar-refractivity contribution in [1.29, 1.82) is 0 Å². The summed E-state index contributed by atoms with van der Waals surface area (Å²) in [5, 5.41) is 19.1. The Hall–Kier alpha value is 0.875. The third-order valence-electron chi connectivity index (χ3n) is 4.13. The highest BCUT2D eigenvalue weighted by Gasteiger charge is 2.61. The third kappa shape index (κ3) is 3.70. The third-order valence-corrected chi connectivity index (χ3v) is 6.26.